The number of hydroxylamine groups is 1. The van der Waals surface area contributed by atoms with Gasteiger partial charge in [-0.1, -0.05) is 12.1 Å². The SMILES string of the molecule is CNOOSc1cccc(C(=O)NNC(=O)c2cccc(S(=O)(=O)NC)c2)c1. The van der Waals surface area contributed by atoms with Crippen molar-refractivity contribution in [2.45, 2.75) is 9.79 Å². The molecule has 0 spiro atoms. The van der Waals surface area contributed by atoms with Crippen molar-refractivity contribution in [2.24, 2.45) is 0 Å². The van der Waals surface area contributed by atoms with E-state index < -0.39 is 21.8 Å². The van der Waals surface area contributed by atoms with Gasteiger partial charge in [0.1, 0.15) is 0 Å². The van der Waals surface area contributed by atoms with Gasteiger partial charge < -0.3 is 0 Å². The Morgan fingerprint density at radius 2 is 1.54 bits per heavy atom. The van der Waals surface area contributed by atoms with Crippen molar-refractivity contribution in [3.63, 3.8) is 0 Å². The Bertz CT molecular complexity index is 952. The van der Waals surface area contributed by atoms with Crippen LogP contribution >= 0.6 is 12.0 Å². The Labute approximate surface area is 166 Å². The number of hydrogen-bond acceptors (Lipinski definition) is 8. The van der Waals surface area contributed by atoms with E-state index in [9.17, 15) is 18.0 Å². The summed E-state index contributed by atoms with van der Waals surface area (Å²) in [5, 5.41) is 0. The molecule has 0 atom stereocenters. The maximum Gasteiger partial charge on any atom is 0.269 e. The molecule has 2 rings (SSSR count). The lowest BCUT2D eigenvalue weighted by atomic mass is 10.2. The van der Waals surface area contributed by atoms with Crippen LogP contribution in [-0.2, 0) is 19.3 Å². The normalized spacial score (nSPS) is 11.1. The van der Waals surface area contributed by atoms with Gasteiger partial charge in [-0.15, -0.1) is 9.32 Å². The average molecular weight is 426 g/mol. The predicted octanol–water partition coefficient (Wildman–Crippen LogP) is 0.759. The van der Waals surface area contributed by atoms with Crippen molar-refractivity contribution in [3.05, 3.63) is 59.7 Å². The van der Waals surface area contributed by atoms with Crippen molar-refractivity contribution in [2.75, 3.05) is 14.1 Å². The standard InChI is InChI=1S/C16H18N4O6S2/c1-17-25-26-27-13-7-3-5-11(9-13)15(21)19-20-16(22)12-6-4-8-14(10-12)28(23,24)18-2/h3-10,17-18H,1-2H3,(H,19,21)(H,20,22). The molecule has 10 nitrogen and oxygen atoms in total. The fourth-order valence-electron chi connectivity index (χ4n) is 1.96. The van der Waals surface area contributed by atoms with E-state index in [1.807, 2.05) is 0 Å². The van der Waals surface area contributed by atoms with Crippen LogP contribution in [0.5, 0.6) is 0 Å². The highest BCUT2D eigenvalue weighted by atomic mass is 32.2. The van der Waals surface area contributed by atoms with E-state index in [2.05, 4.69) is 26.0 Å². The van der Waals surface area contributed by atoms with Gasteiger partial charge in [-0.3, -0.25) is 20.4 Å². The molecule has 0 saturated carbocycles. The van der Waals surface area contributed by atoms with Crippen LogP contribution in [0.1, 0.15) is 20.7 Å². The summed E-state index contributed by atoms with van der Waals surface area (Å²) in [4.78, 5) is 29.5. The smallest absolute Gasteiger partial charge is 0.267 e. The first kappa shape index (κ1) is 21.8. The minimum Gasteiger partial charge on any atom is -0.267 e. The molecule has 4 N–H and O–H groups in total. The van der Waals surface area contributed by atoms with Crippen molar-refractivity contribution in [1.29, 1.82) is 0 Å². The van der Waals surface area contributed by atoms with Gasteiger partial charge in [0, 0.05) is 23.1 Å². The van der Waals surface area contributed by atoms with Gasteiger partial charge in [-0.25, -0.2) is 13.1 Å². The summed E-state index contributed by atoms with van der Waals surface area (Å²) in [5.74, 6) is -1.23. The van der Waals surface area contributed by atoms with Crippen LogP contribution in [0.3, 0.4) is 0 Å². The molecule has 0 unspecified atom stereocenters. The zero-order valence-corrected chi connectivity index (χ0v) is 16.5. The highest BCUT2D eigenvalue weighted by molar-refractivity contribution is 7.94. The van der Waals surface area contributed by atoms with Crippen LogP contribution in [0, 0.1) is 0 Å². The van der Waals surface area contributed by atoms with E-state index in [1.54, 1.807) is 18.2 Å². The van der Waals surface area contributed by atoms with Crippen LogP contribution in [0.2, 0.25) is 0 Å². The van der Waals surface area contributed by atoms with Gasteiger partial charge in [-0.2, -0.15) is 5.48 Å². The lowest BCUT2D eigenvalue weighted by Crippen LogP contribution is -2.41. The zero-order valence-electron chi connectivity index (χ0n) is 14.9. The molecule has 0 bridgehead atoms. The first-order valence-corrected chi connectivity index (χ1v) is 10.0. The minimum absolute atomic E-state index is 0.0671. The Hall–Kier alpha value is -2.48. The second kappa shape index (κ2) is 10.2. The fraction of sp³-hybridized carbons (Fsp3) is 0.125. The van der Waals surface area contributed by atoms with E-state index in [0.29, 0.717) is 4.90 Å². The minimum atomic E-state index is -3.69. The second-order valence-corrected chi connectivity index (χ2v) is 7.77. The van der Waals surface area contributed by atoms with Gasteiger partial charge in [0.05, 0.1) is 16.9 Å². The van der Waals surface area contributed by atoms with Crippen molar-refractivity contribution >= 4 is 33.9 Å². The molecule has 2 amide bonds. The number of hydrogen-bond donors (Lipinski definition) is 4. The molecule has 0 aliphatic carbocycles. The third kappa shape index (κ3) is 6.02. The van der Waals surface area contributed by atoms with Crippen LogP contribution in [0.25, 0.3) is 0 Å². The van der Waals surface area contributed by atoms with Crippen molar-refractivity contribution < 1.29 is 27.3 Å². The van der Waals surface area contributed by atoms with Crippen molar-refractivity contribution in [1.82, 2.24) is 21.1 Å². The fourth-order valence-corrected chi connectivity index (χ4v) is 3.23. The van der Waals surface area contributed by atoms with Crippen LogP contribution in [-0.4, -0.2) is 34.3 Å². The summed E-state index contributed by atoms with van der Waals surface area (Å²) < 4.78 is 30.6. The van der Waals surface area contributed by atoms with Crippen molar-refractivity contribution in [3.8, 4) is 0 Å². The molecule has 0 heterocycles. The van der Waals surface area contributed by atoms with Crippen LogP contribution in [0.4, 0.5) is 0 Å². The quantitative estimate of drug-likeness (QED) is 0.210. The summed E-state index contributed by atoms with van der Waals surface area (Å²) in [6.45, 7) is 0. The summed E-state index contributed by atoms with van der Waals surface area (Å²) in [6, 6.07) is 11.8. The summed E-state index contributed by atoms with van der Waals surface area (Å²) in [7, 11) is -0.896. The van der Waals surface area contributed by atoms with E-state index in [1.165, 1.54) is 44.4 Å². The molecule has 12 heteroatoms. The Morgan fingerprint density at radius 3 is 2.14 bits per heavy atom. The first-order valence-electron chi connectivity index (χ1n) is 7.78. The Morgan fingerprint density at radius 1 is 0.929 bits per heavy atom. The number of amides is 2. The summed E-state index contributed by atoms with van der Waals surface area (Å²) >= 11 is 0.889. The number of carbonyl (C=O) groups excluding carboxylic acids is 2. The number of benzene rings is 2. The zero-order chi connectivity index (χ0) is 20.6. The molecule has 0 aliphatic rings. The van der Waals surface area contributed by atoms with E-state index in [0.717, 1.165) is 12.0 Å². The van der Waals surface area contributed by atoms with E-state index in [4.69, 9.17) is 4.33 Å². The highest BCUT2D eigenvalue weighted by Gasteiger charge is 2.15. The number of sulfonamides is 1. The second-order valence-electron chi connectivity index (χ2n) is 5.11. The van der Waals surface area contributed by atoms with E-state index >= 15 is 0 Å². The topological polar surface area (TPSA) is 135 Å². The molecule has 0 aliphatic heterocycles. The molecular weight excluding hydrogens is 408 g/mol. The number of carbonyl (C=O) groups is 2. The highest BCUT2D eigenvalue weighted by Crippen LogP contribution is 2.20. The molecular formula is C16H18N4O6S2. The van der Waals surface area contributed by atoms with Gasteiger partial charge >= 0.3 is 0 Å². The lowest BCUT2D eigenvalue weighted by molar-refractivity contribution is -0.237. The summed E-state index contributed by atoms with van der Waals surface area (Å²) in [6.07, 6.45) is 0. The first-order chi connectivity index (χ1) is 13.4. The Kier molecular flexibility index (Phi) is 7.92. The number of rotatable bonds is 8. The number of nitrogens with one attached hydrogen (secondary N) is 4. The number of hydrazine groups is 1. The maximum atomic E-state index is 12.2. The van der Waals surface area contributed by atoms with Crippen LogP contribution < -0.4 is 21.1 Å². The average Bonchev–Trinajstić information content (AvgIpc) is 2.72. The third-order valence-electron chi connectivity index (χ3n) is 3.31. The van der Waals surface area contributed by atoms with Gasteiger partial charge in [0.25, 0.3) is 11.8 Å². The molecule has 2 aromatic rings. The predicted molar refractivity (Wildman–Crippen MR) is 101 cm³/mol. The van der Waals surface area contributed by atoms with Gasteiger partial charge in [0.15, 0.2) is 0 Å². The monoisotopic (exact) mass is 426 g/mol. The molecule has 150 valence electrons. The van der Waals surface area contributed by atoms with E-state index in [-0.39, 0.29) is 16.0 Å². The molecule has 0 saturated heterocycles. The Balaban J connectivity index is 2.00. The largest absolute Gasteiger partial charge is 0.269 e. The van der Waals surface area contributed by atoms with Gasteiger partial charge in [-0.05, 0) is 43.4 Å². The third-order valence-corrected chi connectivity index (χ3v) is 5.30. The summed E-state index contributed by atoms with van der Waals surface area (Å²) in [5.41, 5.74) is 7.17. The molecule has 0 radical (unpaired) electrons. The molecule has 28 heavy (non-hydrogen) atoms. The molecule has 2 aromatic carbocycles. The van der Waals surface area contributed by atoms with Gasteiger partial charge in [0.2, 0.25) is 10.0 Å². The molecule has 0 aromatic heterocycles. The molecule has 0 fully saturated rings. The lowest BCUT2D eigenvalue weighted by Gasteiger charge is -2.09. The maximum absolute atomic E-state index is 12.2. The van der Waals surface area contributed by atoms with Crippen LogP contribution in [0.15, 0.2) is 58.3 Å².